The number of nitrogen functional groups attached to an aromatic ring is 1. The van der Waals surface area contributed by atoms with Crippen molar-refractivity contribution in [2.75, 3.05) is 5.73 Å². The molecule has 0 unspecified atom stereocenters. The Morgan fingerprint density at radius 1 is 1.65 bits per heavy atom. The van der Waals surface area contributed by atoms with Crippen molar-refractivity contribution in [1.82, 2.24) is 25.5 Å². The van der Waals surface area contributed by atoms with Gasteiger partial charge in [0.15, 0.2) is 0 Å². The third-order valence-electron chi connectivity index (χ3n) is 2.07. The van der Waals surface area contributed by atoms with E-state index in [0.717, 1.165) is 11.4 Å². The standard InChI is InChI=1S/C9H12N6OS/c1-2-5-3-11-6(17-5)4-12-8(16)7-13-9(10)15-14-7/h3H,2,4H2,1H3,(H,12,16)(H3,10,13,14,15). The van der Waals surface area contributed by atoms with E-state index in [9.17, 15) is 4.79 Å². The highest BCUT2D eigenvalue weighted by Gasteiger charge is 2.10. The molecule has 0 aliphatic carbocycles. The third kappa shape index (κ3) is 2.78. The van der Waals surface area contributed by atoms with E-state index < -0.39 is 0 Å². The van der Waals surface area contributed by atoms with Crippen LogP contribution in [0.3, 0.4) is 0 Å². The summed E-state index contributed by atoms with van der Waals surface area (Å²) in [5.41, 5.74) is 5.30. The van der Waals surface area contributed by atoms with Crippen molar-refractivity contribution in [3.05, 3.63) is 21.9 Å². The Kier molecular flexibility index (Phi) is 3.33. The van der Waals surface area contributed by atoms with Gasteiger partial charge in [-0.2, -0.15) is 4.98 Å². The number of aryl methyl sites for hydroxylation is 1. The van der Waals surface area contributed by atoms with Crippen LogP contribution in [0.5, 0.6) is 0 Å². The number of hydrogen-bond donors (Lipinski definition) is 3. The van der Waals surface area contributed by atoms with Gasteiger partial charge in [-0.1, -0.05) is 6.92 Å². The molecule has 1 amide bonds. The molecule has 7 nitrogen and oxygen atoms in total. The van der Waals surface area contributed by atoms with Crippen LogP contribution in [-0.2, 0) is 13.0 Å². The van der Waals surface area contributed by atoms with Crippen LogP contribution < -0.4 is 11.1 Å². The molecule has 0 spiro atoms. The number of aromatic amines is 1. The van der Waals surface area contributed by atoms with Crippen molar-refractivity contribution in [2.24, 2.45) is 0 Å². The van der Waals surface area contributed by atoms with Crippen molar-refractivity contribution < 1.29 is 4.79 Å². The summed E-state index contributed by atoms with van der Waals surface area (Å²) in [6, 6.07) is 0. The molecule has 2 rings (SSSR count). The van der Waals surface area contributed by atoms with Gasteiger partial charge in [0.2, 0.25) is 11.8 Å². The molecule has 0 saturated heterocycles. The summed E-state index contributed by atoms with van der Waals surface area (Å²) < 4.78 is 0. The lowest BCUT2D eigenvalue weighted by molar-refractivity contribution is 0.0941. The Morgan fingerprint density at radius 2 is 2.47 bits per heavy atom. The predicted molar refractivity (Wildman–Crippen MR) is 63.5 cm³/mol. The molecule has 2 heterocycles. The summed E-state index contributed by atoms with van der Waals surface area (Å²) in [5, 5.41) is 9.57. The molecule has 0 bridgehead atoms. The molecular weight excluding hydrogens is 240 g/mol. The zero-order valence-electron chi connectivity index (χ0n) is 9.23. The number of nitrogens with two attached hydrogens (primary N) is 1. The van der Waals surface area contributed by atoms with Crippen molar-refractivity contribution >= 4 is 23.2 Å². The van der Waals surface area contributed by atoms with E-state index in [1.807, 2.05) is 6.20 Å². The minimum atomic E-state index is -0.345. The van der Waals surface area contributed by atoms with Gasteiger partial charge in [0.25, 0.3) is 5.91 Å². The lowest BCUT2D eigenvalue weighted by atomic mass is 10.4. The number of carbonyl (C=O) groups is 1. The van der Waals surface area contributed by atoms with Gasteiger partial charge in [-0.25, -0.2) is 4.98 Å². The van der Waals surface area contributed by atoms with Crippen LogP contribution in [0.25, 0.3) is 0 Å². The minimum absolute atomic E-state index is 0.0534. The number of nitrogens with zero attached hydrogens (tertiary/aromatic N) is 3. The topological polar surface area (TPSA) is 110 Å². The molecule has 0 radical (unpaired) electrons. The maximum Gasteiger partial charge on any atom is 0.289 e. The van der Waals surface area contributed by atoms with E-state index in [1.54, 1.807) is 11.3 Å². The predicted octanol–water partition coefficient (Wildman–Crippen LogP) is 0.336. The van der Waals surface area contributed by atoms with E-state index >= 15 is 0 Å². The number of hydrogen-bond acceptors (Lipinski definition) is 6. The number of rotatable bonds is 4. The van der Waals surface area contributed by atoms with Gasteiger partial charge >= 0.3 is 0 Å². The van der Waals surface area contributed by atoms with Gasteiger partial charge in [0, 0.05) is 11.1 Å². The molecule has 0 saturated carbocycles. The molecule has 2 aromatic heterocycles. The molecule has 0 fully saturated rings. The number of anilines is 1. The van der Waals surface area contributed by atoms with E-state index in [4.69, 9.17) is 5.73 Å². The Morgan fingerprint density at radius 3 is 3.06 bits per heavy atom. The largest absolute Gasteiger partial charge is 0.366 e. The van der Waals surface area contributed by atoms with E-state index in [-0.39, 0.29) is 17.7 Å². The summed E-state index contributed by atoms with van der Waals surface area (Å²) >= 11 is 1.58. The number of aromatic nitrogens is 4. The lowest BCUT2D eigenvalue weighted by Gasteiger charge is -1.98. The van der Waals surface area contributed by atoms with Crippen LogP contribution in [0, 0.1) is 0 Å². The highest BCUT2D eigenvalue weighted by atomic mass is 32.1. The average Bonchev–Trinajstić information content (AvgIpc) is 2.94. The molecule has 0 aliphatic rings. The van der Waals surface area contributed by atoms with Crippen LogP contribution in [0.2, 0.25) is 0 Å². The number of nitrogens with one attached hydrogen (secondary N) is 2. The molecule has 0 aromatic carbocycles. The zero-order chi connectivity index (χ0) is 12.3. The molecule has 0 atom stereocenters. The van der Waals surface area contributed by atoms with Crippen molar-refractivity contribution in [1.29, 1.82) is 0 Å². The summed E-state index contributed by atoms with van der Waals surface area (Å²) in [6.07, 6.45) is 2.77. The summed E-state index contributed by atoms with van der Waals surface area (Å²) in [5.74, 6) is -0.185. The first-order chi connectivity index (χ1) is 8.19. The SMILES string of the molecule is CCc1cnc(CNC(=O)c2nc(N)n[nH]2)s1. The van der Waals surface area contributed by atoms with Gasteiger partial charge in [-0.05, 0) is 6.42 Å². The van der Waals surface area contributed by atoms with Crippen LogP contribution in [0.1, 0.15) is 27.4 Å². The molecule has 17 heavy (non-hydrogen) atoms. The van der Waals surface area contributed by atoms with E-state index in [2.05, 4.69) is 32.4 Å². The number of amides is 1. The van der Waals surface area contributed by atoms with Gasteiger partial charge in [-0.15, -0.1) is 16.4 Å². The van der Waals surface area contributed by atoms with E-state index in [0.29, 0.717) is 6.54 Å². The maximum atomic E-state index is 11.6. The van der Waals surface area contributed by atoms with Crippen LogP contribution in [-0.4, -0.2) is 26.1 Å². The number of H-pyrrole nitrogens is 1. The summed E-state index contributed by atoms with van der Waals surface area (Å²) in [4.78, 5) is 20.7. The molecule has 2 aromatic rings. The normalized spacial score (nSPS) is 10.4. The van der Waals surface area contributed by atoms with Crippen LogP contribution >= 0.6 is 11.3 Å². The maximum absolute atomic E-state index is 11.6. The second-order valence-corrected chi connectivity index (χ2v) is 4.50. The van der Waals surface area contributed by atoms with E-state index in [1.165, 1.54) is 4.88 Å². The molecular formula is C9H12N6OS. The van der Waals surface area contributed by atoms with Crippen molar-refractivity contribution in [3.63, 3.8) is 0 Å². The lowest BCUT2D eigenvalue weighted by Crippen LogP contribution is -2.23. The fourth-order valence-corrected chi connectivity index (χ4v) is 2.01. The highest BCUT2D eigenvalue weighted by Crippen LogP contribution is 2.12. The summed E-state index contributed by atoms with van der Waals surface area (Å²) in [7, 11) is 0. The summed E-state index contributed by atoms with van der Waals surface area (Å²) in [6.45, 7) is 2.44. The fraction of sp³-hybridized carbons (Fsp3) is 0.333. The van der Waals surface area contributed by atoms with Crippen LogP contribution in [0.4, 0.5) is 5.95 Å². The highest BCUT2D eigenvalue weighted by molar-refractivity contribution is 7.11. The molecule has 0 aliphatic heterocycles. The Bertz CT molecular complexity index is 519. The van der Waals surface area contributed by atoms with Gasteiger partial charge in [0.1, 0.15) is 5.01 Å². The Balaban J connectivity index is 1.92. The number of thiazole rings is 1. The second kappa shape index (κ2) is 4.91. The first kappa shape index (κ1) is 11.5. The second-order valence-electron chi connectivity index (χ2n) is 3.30. The molecule has 8 heteroatoms. The van der Waals surface area contributed by atoms with Gasteiger partial charge < -0.3 is 11.1 Å². The quantitative estimate of drug-likeness (QED) is 0.726. The van der Waals surface area contributed by atoms with Gasteiger partial charge in [-0.3, -0.25) is 9.89 Å². The average molecular weight is 252 g/mol. The first-order valence-electron chi connectivity index (χ1n) is 5.08. The third-order valence-corrected chi connectivity index (χ3v) is 3.21. The van der Waals surface area contributed by atoms with Crippen LogP contribution in [0.15, 0.2) is 6.20 Å². The molecule has 90 valence electrons. The fourth-order valence-electron chi connectivity index (χ4n) is 1.21. The Labute approximate surface area is 101 Å². The Hall–Kier alpha value is -1.96. The minimum Gasteiger partial charge on any atom is -0.366 e. The monoisotopic (exact) mass is 252 g/mol. The van der Waals surface area contributed by atoms with Gasteiger partial charge in [0.05, 0.1) is 6.54 Å². The van der Waals surface area contributed by atoms with Crippen molar-refractivity contribution in [3.8, 4) is 0 Å². The first-order valence-corrected chi connectivity index (χ1v) is 5.90. The molecule has 4 N–H and O–H groups in total. The smallest absolute Gasteiger partial charge is 0.289 e. The number of carbonyl (C=O) groups excluding carboxylic acids is 1. The zero-order valence-corrected chi connectivity index (χ0v) is 10.0. The van der Waals surface area contributed by atoms with Crippen molar-refractivity contribution in [2.45, 2.75) is 19.9 Å².